The number of para-hydroxylation sites is 2. The first-order chi connectivity index (χ1) is 12.6. The summed E-state index contributed by atoms with van der Waals surface area (Å²) < 4.78 is 5.20. The number of aliphatic imine (C=N–C) groups is 1. The summed E-state index contributed by atoms with van der Waals surface area (Å²) in [5, 5.41) is 13.9. The molecule has 1 aliphatic rings. The third-order valence-corrected chi connectivity index (χ3v) is 4.43. The van der Waals surface area contributed by atoms with Crippen LogP contribution in [0.2, 0.25) is 0 Å². The number of nitrogens with one attached hydrogen (secondary N) is 1. The third kappa shape index (κ3) is 2.99. The maximum atomic E-state index is 12.4. The highest BCUT2D eigenvalue weighted by Crippen LogP contribution is 2.35. The number of aryl methyl sites for hydroxylation is 1. The molecule has 0 saturated carbocycles. The van der Waals surface area contributed by atoms with E-state index in [9.17, 15) is 9.90 Å². The van der Waals surface area contributed by atoms with E-state index in [2.05, 4.69) is 10.3 Å². The van der Waals surface area contributed by atoms with Gasteiger partial charge in [0.25, 0.3) is 0 Å². The number of rotatable bonds is 2. The minimum Gasteiger partial charge on any atom is -0.507 e. The normalized spacial score (nSPS) is 16.2. The number of fused-ring (bicyclic) bond motifs is 1. The summed E-state index contributed by atoms with van der Waals surface area (Å²) in [6.07, 6.45) is 0.445. The average molecular weight is 346 g/mol. The number of hydrogen-bond donors (Lipinski definition) is 2. The Kier molecular flexibility index (Phi) is 4.05. The van der Waals surface area contributed by atoms with Gasteiger partial charge in [-0.05, 0) is 24.6 Å². The lowest BCUT2D eigenvalue weighted by Crippen LogP contribution is -2.19. The van der Waals surface area contributed by atoms with Crippen LogP contribution in [0.5, 0.6) is 5.75 Å². The van der Waals surface area contributed by atoms with Gasteiger partial charge in [0.05, 0.1) is 23.1 Å². The molecule has 4 rings (SSSR count). The Labute approximate surface area is 150 Å². The molecule has 1 unspecified atom stereocenters. The van der Waals surface area contributed by atoms with Crippen molar-refractivity contribution in [3.05, 3.63) is 88.0 Å². The molecule has 0 fully saturated rings. The molecular weight excluding hydrogens is 328 g/mol. The second kappa shape index (κ2) is 6.52. The lowest BCUT2D eigenvalue weighted by molar-refractivity contribution is 0.432. The molecule has 3 aromatic rings. The van der Waals surface area contributed by atoms with E-state index < -0.39 is 5.63 Å². The zero-order chi connectivity index (χ0) is 18.1. The number of nitrogens with zero attached hydrogens (tertiary/aromatic N) is 1. The van der Waals surface area contributed by atoms with Crippen LogP contribution in [0, 0.1) is 6.92 Å². The fourth-order valence-corrected chi connectivity index (χ4v) is 3.22. The molecule has 5 heteroatoms. The predicted molar refractivity (Wildman–Crippen MR) is 101 cm³/mol. The topological polar surface area (TPSA) is 74.8 Å². The van der Waals surface area contributed by atoms with Crippen LogP contribution in [0.3, 0.4) is 0 Å². The van der Waals surface area contributed by atoms with Crippen LogP contribution < -0.4 is 10.9 Å². The van der Waals surface area contributed by atoms with E-state index in [0.29, 0.717) is 17.9 Å². The van der Waals surface area contributed by atoms with Crippen molar-refractivity contribution in [1.29, 1.82) is 0 Å². The highest BCUT2D eigenvalue weighted by atomic mass is 16.4. The summed E-state index contributed by atoms with van der Waals surface area (Å²) in [5.74, 6) is 0.257. The summed E-state index contributed by atoms with van der Waals surface area (Å²) >= 11 is 0. The maximum absolute atomic E-state index is 12.4. The highest BCUT2D eigenvalue weighted by Gasteiger charge is 2.25. The first-order valence-electron chi connectivity index (χ1n) is 8.44. The Balaban J connectivity index is 1.88. The first-order valence-corrected chi connectivity index (χ1v) is 8.44. The second-order valence-electron chi connectivity index (χ2n) is 6.29. The average Bonchev–Trinajstić information content (AvgIpc) is 2.81. The van der Waals surface area contributed by atoms with Crippen LogP contribution in [-0.4, -0.2) is 10.8 Å². The van der Waals surface area contributed by atoms with Crippen molar-refractivity contribution in [2.75, 3.05) is 5.32 Å². The summed E-state index contributed by atoms with van der Waals surface area (Å²) in [5.41, 5.74) is 2.73. The largest absolute Gasteiger partial charge is 0.507 e. The maximum Gasteiger partial charge on any atom is 0.348 e. The minimum absolute atomic E-state index is 0.0845. The minimum atomic E-state index is -0.576. The molecule has 0 radical (unpaired) electrons. The van der Waals surface area contributed by atoms with Gasteiger partial charge in [-0.25, -0.2) is 4.79 Å². The Bertz CT molecular complexity index is 1040. The molecule has 26 heavy (non-hydrogen) atoms. The van der Waals surface area contributed by atoms with E-state index in [0.717, 1.165) is 16.9 Å². The molecule has 0 aliphatic carbocycles. The van der Waals surface area contributed by atoms with Gasteiger partial charge in [0.15, 0.2) is 0 Å². The van der Waals surface area contributed by atoms with E-state index in [1.807, 2.05) is 54.6 Å². The molecule has 5 nitrogen and oxygen atoms in total. The monoisotopic (exact) mass is 346 g/mol. The molecule has 0 spiro atoms. The first kappa shape index (κ1) is 16.1. The van der Waals surface area contributed by atoms with Crippen LogP contribution in [0.15, 0.2) is 74.9 Å². The molecule has 1 aromatic heterocycles. The fourth-order valence-electron chi connectivity index (χ4n) is 3.22. The van der Waals surface area contributed by atoms with E-state index in [4.69, 9.17) is 4.42 Å². The van der Waals surface area contributed by atoms with Crippen molar-refractivity contribution < 1.29 is 9.52 Å². The van der Waals surface area contributed by atoms with Gasteiger partial charge < -0.3 is 14.8 Å². The molecule has 1 atom stereocenters. The van der Waals surface area contributed by atoms with Crippen LogP contribution in [0.4, 0.5) is 11.4 Å². The summed E-state index contributed by atoms with van der Waals surface area (Å²) in [4.78, 5) is 17.1. The molecule has 1 aliphatic heterocycles. The van der Waals surface area contributed by atoms with Gasteiger partial charge >= 0.3 is 5.63 Å². The van der Waals surface area contributed by atoms with Crippen molar-refractivity contribution in [2.45, 2.75) is 19.4 Å². The Morgan fingerprint density at radius 3 is 2.62 bits per heavy atom. The van der Waals surface area contributed by atoms with Crippen LogP contribution in [0.1, 0.15) is 29.3 Å². The van der Waals surface area contributed by atoms with Gasteiger partial charge in [0.2, 0.25) is 0 Å². The van der Waals surface area contributed by atoms with Crippen LogP contribution >= 0.6 is 0 Å². The van der Waals surface area contributed by atoms with E-state index in [1.165, 1.54) is 6.07 Å². The Morgan fingerprint density at radius 2 is 1.85 bits per heavy atom. The fraction of sp³-hybridized carbons (Fsp3) is 0.143. The molecule has 0 bridgehead atoms. The van der Waals surface area contributed by atoms with E-state index in [1.54, 1.807) is 6.92 Å². The molecule has 2 aromatic carbocycles. The van der Waals surface area contributed by atoms with Gasteiger partial charge in [-0.3, -0.25) is 4.99 Å². The quantitative estimate of drug-likeness (QED) is 0.724. The van der Waals surface area contributed by atoms with Gasteiger partial charge in [-0.15, -0.1) is 0 Å². The molecular formula is C21H18N2O3. The van der Waals surface area contributed by atoms with Gasteiger partial charge in [0, 0.05) is 12.5 Å². The van der Waals surface area contributed by atoms with Crippen molar-refractivity contribution in [3.63, 3.8) is 0 Å². The number of aromatic hydroxyl groups is 1. The molecule has 2 heterocycles. The number of hydrogen-bond acceptors (Lipinski definition) is 5. The third-order valence-electron chi connectivity index (χ3n) is 4.43. The van der Waals surface area contributed by atoms with Crippen molar-refractivity contribution in [1.82, 2.24) is 0 Å². The van der Waals surface area contributed by atoms with Crippen LogP contribution in [-0.2, 0) is 0 Å². The lowest BCUT2D eigenvalue weighted by Gasteiger charge is -2.19. The van der Waals surface area contributed by atoms with Gasteiger partial charge in [-0.2, -0.15) is 0 Å². The summed E-state index contributed by atoms with van der Waals surface area (Å²) in [6, 6.07) is 19.0. The predicted octanol–water partition coefficient (Wildman–Crippen LogP) is 4.33. The van der Waals surface area contributed by atoms with E-state index in [-0.39, 0.29) is 17.4 Å². The van der Waals surface area contributed by atoms with Gasteiger partial charge in [-0.1, -0.05) is 42.5 Å². The molecule has 0 amide bonds. The zero-order valence-electron chi connectivity index (χ0n) is 14.3. The lowest BCUT2D eigenvalue weighted by atomic mass is 9.97. The van der Waals surface area contributed by atoms with E-state index >= 15 is 0 Å². The zero-order valence-corrected chi connectivity index (χ0v) is 14.3. The number of anilines is 1. The second-order valence-corrected chi connectivity index (χ2v) is 6.29. The van der Waals surface area contributed by atoms with Gasteiger partial charge in [0.1, 0.15) is 17.1 Å². The Morgan fingerprint density at radius 1 is 1.12 bits per heavy atom. The Hall–Kier alpha value is -3.34. The SMILES string of the molecule is Cc1cc(O)c(C2=Nc3ccccc3NC(c3ccccc3)C2)c(=O)o1. The van der Waals surface area contributed by atoms with Crippen molar-refractivity contribution >= 4 is 17.1 Å². The van der Waals surface area contributed by atoms with Crippen molar-refractivity contribution in [3.8, 4) is 5.75 Å². The molecule has 130 valence electrons. The molecule has 0 saturated heterocycles. The summed E-state index contributed by atoms with van der Waals surface area (Å²) in [7, 11) is 0. The van der Waals surface area contributed by atoms with Crippen LogP contribution in [0.25, 0.3) is 0 Å². The van der Waals surface area contributed by atoms with Crippen molar-refractivity contribution in [2.24, 2.45) is 4.99 Å². The number of benzene rings is 2. The molecule has 2 N–H and O–H groups in total. The smallest absolute Gasteiger partial charge is 0.348 e. The summed E-state index contributed by atoms with van der Waals surface area (Å²) in [6.45, 7) is 1.63. The highest BCUT2D eigenvalue weighted by molar-refractivity contribution is 6.05. The standard InChI is InChI=1S/C21H18N2O3/c1-13-11-19(24)20(21(25)26-13)18-12-17(14-7-3-2-4-8-14)22-15-9-5-6-10-16(15)23-18/h2-11,17,22,24H,12H2,1H3.